The molecule has 0 aliphatic carbocycles. The lowest BCUT2D eigenvalue weighted by molar-refractivity contribution is -0.138. The summed E-state index contributed by atoms with van der Waals surface area (Å²) in [5.74, 6) is -0.959. The first-order valence-electron chi connectivity index (χ1n) is 6.43. The maximum absolute atomic E-state index is 10.4. The summed E-state index contributed by atoms with van der Waals surface area (Å²) in [6.45, 7) is 2.89. The van der Waals surface area contributed by atoms with Gasteiger partial charge in [-0.3, -0.25) is 9.59 Å². The summed E-state index contributed by atoms with van der Waals surface area (Å²) in [4.78, 5) is 22.1. The monoisotopic (exact) mass is 280 g/mol. The van der Waals surface area contributed by atoms with Crippen LogP contribution in [0.15, 0.2) is 30.3 Å². The van der Waals surface area contributed by atoms with Crippen molar-refractivity contribution in [1.29, 1.82) is 0 Å². The van der Waals surface area contributed by atoms with Crippen LogP contribution in [0.2, 0.25) is 0 Å². The first-order valence-corrected chi connectivity index (χ1v) is 6.43. The highest BCUT2D eigenvalue weighted by molar-refractivity contribution is 5.73. The Balaban J connectivity index is 0.000000217. The number of nitrogens with zero attached hydrogens (tertiary/aromatic N) is 1. The Morgan fingerprint density at radius 3 is 2.40 bits per heavy atom. The molecule has 1 atom stereocenters. The number of carboxylic acids is 1. The fourth-order valence-corrected chi connectivity index (χ4v) is 1.64. The summed E-state index contributed by atoms with van der Waals surface area (Å²) in [6.07, 6.45) is 1.25. The van der Waals surface area contributed by atoms with Gasteiger partial charge in [-0.05, 0) is 12.0 Å². The molecule has 1 aromatic rings. The van der Waals surface area contributed by atoms with Gasteiger partial charge in [0, 0.05) is 13.1 Å². The summed E-state index contributed by atoms with van der Waals surface area (Å²) in [5.41, 5.74) is 6.30. The molecule has 1 heterocycles. The minimum atomic E-state index is -0.959. The second kappa shape index (κ2) is 9.06. The van der Waals surface area contributed by atoms with Gasteiger partial charge in [-0.15, -0.1) is 0 Å². The van der Waals surface area contributed by atoms with E-state index in [1.165, 1.54) is 0 Å². The zero-order valence-electron chi connectivity index (χ0n) is 11.3. The molecule has 1 aromatic carbocycles. The number of carboxylic acid groups (broad SMARTS) is 1. The molecule has 1 saturated heterocycles. The Hall–Kier alpha value is -1.92. The smallest absolute Gasteiger partial charge is 0.320 e. The molecular formula is C14H20N2O4. The van der Waals surface area contributed by atoms with Crippen LogP contribution < -0.4 is 5.73 Å². The minimum absolute atomic E-state index is 0.385. The van der Waals surface area contributed by atoms with E-state index < -0.39 is 12.0 Å². The molecule has 0 spiro atoms. The molecular weight excluding hydrogens is 260 g/mol. The first-order chi connectivity index (χ1) is 9.63. The molecule has 0 radical (unpaired) electrons. The van der Waals surface area contributed by atoms with E-state index in [-0.39, 0.29) is 0 Å². The van der Waals surface area contributed by atoms with E-state index in [2.05, 4.69) is 0 Å². The molecule has 3 N–H and O–H groups in total. The molecule has 2 rings (SSSR count). The Morgan fingerprint density at radius 2 is 1.95 bits per heavy atom. The van der Waals surface area contributed by atoms with Crippen molar-refractivity contribution in [3.8, 4) is 0 Å². The van der Waals surface area contributed by atoms with Crippen molar-refractivity contribution in [2.45, 2.75) is 12.5 Å². The van der Waals surface area contributed by atoms with Crippen LogP contribution in [0.5, 0.6) is 0 Å². The third kappa shape index (κ3) is 6.31. The highest BCUT2D eigenvalue weighted by atomic mass is 16.5. The summed E-state index contributed by atoms with van der Waals surface area (Å²) in [7, 11) is 0. The number of amides is 1. The van der Waals surface area contributed by atoms with Crippen molar-refractivity contribution in [3.05, 3.63) is 35.9 Å². The van der Waals surface area contributed by atoms with E-state index in [9.17, 15) is 9.59 Å². The number of carbonyl (C=O) groups excluding carboxylic acids is 1. The van der Waals surface area contributed by atoms with Crippen LogP contribution in [0, 0.1) is 0 Å². The molecule has 0 saturated carbocycles. The standard InChI is InChI=1S/C9H11NO2.C5H9NO2/c10-8(9(11)12)6-7-4-2-1-3-5-7;7-5-6-1-3-8-4-2-6/h1-5,8H,6,10H2,(H,11,12);5H,1-4H2/t8-;/m0./s1. The molecule has 20 heavy (non-hydrogen) atoms. The largest absolute Gasteiger partial charge is 0.480 e. The Bertz CT molecular complexity index is 405. The van der Waals surface area contributed by atoms with Gasteiger partial charge >= 0.3 is 5.97 Å². The van der Waals surface area contributed by atoms with E-state index in [0.717, 1.165) is 25.1 Å². The van der Waals surface area contributed by atoms with Gasteiger partial charge in [0.05, 0.1) is 13.2 Å². The van der Waals surface area contributed by atoms with Crippen molar-refractivity contribution in [3.63, 3.8) is 0 Å². The van der Waals surface area contributed by atoms with Gasteiger partial charge in [-0.2, -0.15) is 0 Å². The minimum Gasteiger partial charge on any atom is -0.480 e. The van der Waals surface area contributed by atoms with Crippen LogP contribution in [-0.4, -0.2) is 54.7 Å². The van der Waals surface area contributed by atoms with Crippen molar-refractivity contribution < 1.29 is 19.4 Å². The van der Waals surface area contributed by atoms with Gasteiger partial charge in [0.1, 0.15) is 6.04 Å². The van der Waals surface area contributed by atoms with Gasteiger partial charge in [0.25, 0.3) is 0 Å². The maximum atomic E-state index is 10.4. The fraction of sp³-hybridized carbons (Fsp3) is 0.429. The summed E-state index contributed by atoms with van der Waals surface area (Å²) in [5, 5.41) is 8.52. The number of morpholine rings is 1. The van der Waals surface area contributed by atoms with Gasteiger partial charge in [0.15, 0.2) is 0 Å². The third-order valence-electron chi connectivity index (χ3n) is 2.81. The second-order valence-electron chi connectivity index (χ2n) is 4.39. The normalized spacial score (nSPS) is 15.8. The Labute approximate surface area is 118 Å². The van der Waals surface area contributed by atoms with Gasteiger partial charge in [-0.25, -0.2) is 0 Å². The van der Waals surface area contributed by atoms with Gasteiger partial charge in [0.2, 0.25) is 6.41 Å². The Kier molecular flexibility index (Phi) is 7.31. The van der Waals surface area contributed by atoms with Crippen LogP contribution >= 0.6 is 0 Å². The highest BCUT2D eigenvalue weighted by Gasteiger charge is 2.10. The van der Waals surface area contributed by atoms with Crippen LogP contribution in [-0.2, 0) is 20.7 Å². The number of aliphatic carboxylic acids is 1. The zero-order valence-corrected chi connectivity index (χ0v) is 11.3. The molecule has 1 amide bonds. The summed E-state index contributed by atoms with van der Waals surface area (Å²) >= 11 is 0. The lowest BCUT2D eigenvalue weighted by atomic mass is 10.1. The van der Waals surface area contributed by atoms with Crippen molar-refractivity contribution in [2.24, 2.45) is 5.73 Å². The predicted molar refractivity (Wildman–Crippen MR) is 74.2 cm³/mol. The van der Waals surface area contributed by atoms with E-state index >= 15 is 0 Å². The number of hydrogen-bond donors (Lipinski definition) is 2. The number of benzene rings is 1. The number of rotatable bonds is 4. The van der Waals surface area contributed by atoms with E-state index in [1.54, 1.807) is 4.90 Å². The van der Waals surface area contributed by atoms with E-state index in [0.29, 0.717) is 19.6 Å². The predicted octanol–water partition coefficient (Wildman–Crippen LogP) is 0.116. The van der Waals surface area contributed by atoms with Crippen molar-refractivity contribution in [2.75, 3.05) is 26.3 Å². The Morgan fingerprint density at radius 1 is 1.35 bits per heavy atom. The third-order valence-corrected chi connectivity index (χ3v) is 2.81. The van der Waals surface area contributed by atoms with Crippen LogP contribution in [0.1, 0.15) is 5.56 Å². The molecule has 6 heteroatoms. The lowest BCUT2D eigenvalue weighted by Crippen LogP contribution is -2.34. The van der Waals surface area contributed by atoms with Crippen LogP contribution in [0.25, 0.3) is 0 Å². The van der Waals surface area contributed by atoms with Crippen molar-refractivity contribution in [1.82, 2.24) is 4.90 Å². The molecule has 0 aromatic heterocycles. The molecule has 1 aliphatic rings. The first kappa shape index (κ1) is 16.1. The highest BCUT2D eigenvalue weighted by Crippen LogP contribution is 2.01. The summed E-state index contributed by atoms with van der Waals surface area (Å²) in [6, 6.07) is 8.54. The summed E-state index contributed by atoms with van der Waals surface area (Å²) < 4.78 is 5.00. The second-order valence-corrected chi connectivity index (χ2v) is 4.39. The van der Waals surface area contributed by atoms with Crippen LogP contribution in [0.3, 0.4) is 0 Å². The fourth-order valence-electron chi connectivity index (χ4n) is 1.64. The molecule has 1 fully saturated rings. The van der Waals surface area contributed by atoms with Crippen LogP contribution in [0.4, 0.5) is 0 Å². The van der Waals surface area contributed by atoms with Crippen molar-refractivity contribution >= 4 is 12.4 Å². The number of hydrogen-bond acceptors (Lipinski definition) is 4. The van der Waals surface area contributed by atoms with Gasteiger partial charge < -0.3 is 20.5 Å². The number of ether oxygens (including phenoxy) is 1. The number of carbonyl (C=O) groups is 2. The lowest BCUT2D eigenvalue weighted by Gasteiger charge is -2.21. The SMILES string of the molecule is N[C@@H](Cc1ccccc1)C(=O)O.O=CN1CCOCC1. The molecule has 0 unspecified atom stereocenters. The average molecular weight is 280 g/mol. The molecule has 110 valence electrons. The zero-order chi connectivity index (χ0) is 14.8. The molecule has 6 nitrogen and oxygen atoms in total. The quantitative estimate of drug-likeness (QED) is 0.764. The maximum Gasteiger partial charge on any atom is 0.320 e. The van der Waals surface area contributed by atoms with E-state index in [4.69, 9.17) is 15.6 Å². The van der Waals surface area contributed by atoms with E-state index in [1.807, 2.05) is 30.3 Å². The topological polar surface area (TPSA) is 92.9 Å². The molecule has 0 bridgehead atoms. The van der Waals surface area contributed by atoms with Gasteiger partial charge in [-0.1, -0.05) is 30.3 Å². The number of nitrogens with two attached hydrogens (primary N) is 1. The average Bonchev–Trinajstić information content (AvgIpc) is 2.49. The molecule has 1 aliphatic heterocycles.